The first-order valence-electron chi connectivity index (χ1n) is 9.15. The summed E-state index contributed by atoms with van der Waals surface area (Å²) in [4.78, 5) is 39.3. The third-order valence-electron chi connectivity index (χ3n) is 4.79. The topological polar surface area (TPSA) is 133 Å². The minimum atomic E-state index is -0.426. The van der Waals surface area contributed by atoms with Gasteiger partial charge in [0.1, 0.15) is 0 Å². The molecule has 1 aliphatic carbocycles. The molecule has 0 atom stereocenters. The molecule has 1 aliphatic rings. The van der Waals surface area contributed by atoms with Gasteiger partial charge in [-0.15, -0.1) is 0 Å². The molecule has 2 aromatic heterocycles. The molecule has 0 radical (unpaired) electrons. The van der Waals surface area contributed by atoms with Gasteiger partial charge in [0.15, 0.2) is 0 Å². The quantitative estimate of drug-likeness (QED) is 0.541. The van der Waals surface area contributed by atoms with E-state index in [-0.39, 0.29) is 23.7 Å². The first kappa shape index (κ1) is 18.1. The molecule has 9 nitrogen and oxygen atoms in total. The van der Waals surface area contributed by atoms with Crippen LogP contribution in [0.1, 0.15) is 36.0 Å². The number of benzene rings is 1. The second-order valence-corrected chi connectivity index (χ2v) is 6.82. The minimum absolute atomic E-state index is 0.0719. The molecule has 0 unspecified atom stereocenters. The van der Waals surface area contributed by atoms with E-state index in [1.807, 2.05) is 6.07 Å². The van der Waals surface area contributed by atoms with Crippen LogP contribution < -0.4 is 16.2 Å². The van der Waals surface area contributed by atoms with Crippen molar-refractivity contribution in [2.24, 2.45) is 0 Å². The number of hydrogen-bond acceptors (Lipinski definition) is 7. The third-order valence-corrected chi connectivity index (χ3v) is 4.79. The van der Waals surface area contributed by atoms with E-state index in [2.05, 4.69) is 30.6 Å². The van der Waals surface area contributed by atoms with Crippen LogP contribution in [0.3, 0.4) is 0 Å². The van der Waals surface area contributed by atoms with Gasteiger partial charge in [-0.05, 0) is 31.7 Å². The summed E-state index contributed by atoms with van der Waals surface area (Å²) in [5.74, 6) is 0.0912. The highest BCUT2D eigenvalue weighted by Crippen LogP contribution is 2.23. The Balaban J connectivity index is 1.59. The molecule has 4 rings (SSSR count). The number of rotatable bonds is 4. The number of H-pyrrole nitrogens is 1. The maximum atomic E-state index is 12.7. The highest BCUT2D eigenvalue weighted by atomic mass is 16.3. The van der Waals surface area contributed by atoms with Crippen molar-refractivity contribution in [3.8, 4) is 0 Å². The maximum absolute atomic E-state index is 12.7. The predicted molar refractivity (Wildman–Crippen MR) is 104 cm³/mol. The third kappa shape index (κ3) is 3.99. The largest absolute Gasteiger partial charge is 0.393 e. The molecule has 1 aromatic carbocycles. The predicted octanol–water partition coefficient (Wildman–Crippen LogP) is 1.68. The van der Waals surface area contributed by atoms with Gasteiger partial charge in [-0.1, -0.05) is 12.1 Å². The van der Waals surface area contributed by atoms with Crippen LogP contribution in [0.2, 0.25) is 0 Å². The van der Waals surface area contributed by atoms with Crippen LogP contribution in [0.4, 0.5) is 11.9 Å². The minimum Gasteiger partial charge on any atom is -0.393 e. The number of carbonyl (C=O) groups is 1. The number of aliphatic hydroxyl groups is 1. The molecular weight excluding hydrogens is 360 g/mol. The van der Waals surface area contributed by atoms with E-state index in [0.29, 0.717) is 17.0 Å². The van der Waals surface area contributed by atoms with E-state index in [1.165, 1.54) is 12.3 Å². The van der Waals surface area contributed by atoms with Crippen molar-refractivity contribution in [1.82, 2.24) is 19.9 Å². The molecule has 28 heavy (non-hydrogen) atoms. The number of nitrogens with one attached hydrogen (secondary N) is 3. The van der Waals surface area contributed by atoms with Crippen LogP contribution in [-0.2, 0) is 0 Å². The summed E-state index contributed by atoms with van der Waals surface area (Å²) in [5.41, 5.74) is 0.509. The van der Waals surface area contributed by atoms with E-state index >= 15 is 0 Å². The Labute approximate surface area is 160 Å². The van der Waals surface area contributed by atoms with Crippen molar-refractivity contribution in [3.05, 3.63) is 52.6 Å². The summed E-state index contributed by atoms with van der Waals surface area (Å²) >= 11 is 0. The van der Waals surface area contributed by atoms with Gasteiger partial charge >= 0.3 is 0 Å². The number of anilines is 2. The fourth-order valence-electron chi connectivity index (χ4n) is 3.32. The van der Waals surface area contributed by atoms with Crippen molar-refractivity contribution in [1.29, 1.82) is 0 Å². The summed E-state index contributed by atoms with van der Waals surface area (Å²) < 4.78 is 0. The van der Waals surface area contributed by atoms with Gasteiger partial charge in [-0.2, -0.15) is 0 Å². The van der Waals surface area contributed by atoms with E-state index in [1.54, 1.807) is 18.3 Å². The lowest BCUT2D eigenvalue weighted by molar-refractivity contribution is 0.102. The molecule has 2 heterocycles. The van der Waals surface area contributed by atoms with Crippen molar-refractivity contribution >= 4 is 28.7 Å². The SMILES string of the molecule is O=C(Nc1nccc(=O)[nH]1)c1cccc2cnc(NC3CCC(O)CC3)nc12. The molecule has 0 aliphatic heterocycles. The Hall–Kier alpha value is -3.33. The number of para-hydroxylation sites is 1. The molecule has 4 N–H and O–H groups in total. The van der Waals surface area contributed by atoms with Crippen LogP contribution in [0.15, 0.2) is 41.5 Å². The molecule has 1 saturated carbocycles. The lowest BCUT2D eigenvalue weighted by Gasteiger charge is -2.26. The van der Waals surface area contributed by atoms with Crippen molar-refractivity contribution in [3.63, 3.8) is 0 Å². The molecule has 0 saturated heterocycles. The molecule has 9 heteroatoms. The molecule has 3 aromatic rings. The van der Waals surface area contributed by atoms with Gasteiger partial charge in [-0.25, -0.2) is 15.0 Å². The van der Waals surface area contributed by atoms with E-state index in [4.69, 9.17) is 0 Å². The zero-order valence-electron chi connectivity index (χ0n) is 15.1. The number of aliphatic hydroxyl groups excluding tert-OH is 1. The Morgan fingerprint density at radius 3 is 2.75 bits per heavy atom. The zero-order chi connectivity index (χ0) is 19.5. The van der Waals surface area contributed by atoms with Gasteiger partial charge in [0.25, 0.3) is 11.5 Å². The highest BCUT2D eigenvalue weighted by Gasteiger charge is 2.20. The van der Waals surface area contributed by atoms with Gasteiger partial charge < -0.3 is 10.4 Å². The first-order chi connectivity index (χ1) is 13.6. The van der Waals surface area contributed by atoms with E-state index in [9.17, 15) is 14.7 Å². The number of hydrogen-bond donors (Lipinski definition) is 4. The zero-order valence-corrected chi connectivity index (χ0v) is 15.1. The summed E-state index contributed by atoms with van der Waals surface area (Å²) in [5, 5.41) is 16.2. The van der Waals surface area contributed by atoms with Crippen molar-refractivity contribution in [2.75, 3.05) is 10.6 Å². The average molecular weight is 380 g/mol. The van der Waals surface area contributed by atoms with Gasteiger partial charge in [0.05, 0.1) is 17.2 Å². The number of amides is 1. The Morgan fingerprint density at radius 1 is 1.14 bits per heavy atom. The fraction of sp³-hybridized carbons (Fsp3) is 0.316. The number of nitrogens with zero attached hydrogens (tertiary/aromatic N) is 3. The summed E-state index contributed by atoms with van der Waals surface area (Å²) in [6.45, 7) is 0. The summed E-state index contributed by atoms with van der Waals surface area (Å²) in [6.07, 6.45) is 5.95. The molecule has 1 fully saturated rings. The van der Waals surface area contributed by atoms with Crippen molar-refractivity contribution < 1.29 is 9.90 Å². The lowest BCUT2D eigenvalue weighted by Crippen LogP contribution is -2.29. The van der Waals surface area contributed by atoms with Gasteiger partial charge in [-0.3, -0.25) is 19.9 Å². The number of aromatic amines is 1. The van der Waals surface area contributed by atoms with Crippen molar-refractivity contribution in [2.45, 2.75) is 37.8 Å². The molecule has 0 bridgehead atoms. The first-order valence-corrected chi connectivity index (χ1v) is 9.15. The van der Waals surface area contributed by atoms with Crippen LogP contribution in [0, 0.1) is 0 Å². The van der Waals surface area contributed by atoms with Gasteiger partial charge in [0.2, 0.25) is 11.9 Å². The van der Waals surface area contributed by atoms with E-state index < -0.39 is 5.91 Å². The second-order valence-electron chi connectivity index (χ2n) is 6.82. The van der Waals surface area contributed by atoms with E-state index in [0.717, 1.165) is 31.1 Å². The summed E-state index contributed by atoms with van der Waals surface area (Å²) in [6, 6.07) is 6.70. The normalized spacial score (nSPS) is 19.3. The van der Waals surface area contributed by atoms with Crippen LogP contribution in [0.5, 0.6) is 0 Å². The van der Waals surface area contributed by atoms with Gasteiger partial charge in [0, 0.05) is 29.9 Å². The monoisotopic (exact) mass is 380 g/mol. The number of aromatic nitrogens is 4. The molecule has 0 spiro atoms. The Morgan fingerprint density at radius 2 is 1.96 bits per heavy atom. The summed E-state index contributed by atoms with van der Waals surface area (Å²) in [7, 11) is 0. The standard InChI is InChI=1S/C19H20N6O3/c26-13-6-4-12(5-7-13)22-19-21-10-11-2-1-3-14(16(11)24-19)17(28)25-18-20-9-8-15(27)23-18/h1-3,8-10,12-13,26H,4-7H2,(H,21,22,24)(H2,20,23,25,27,28). The smallest absolute Gasteiger partial charge is 0.260 e. The second kappa shape index (κ2) is 7.73. The van der Waals surface area contributed by atoms with Crippen LogP contribution in [-0.4, -0.2) is 43.1 Å². The molecule has 144 valence electrons. The average Bonchev–Trinajstić information content (AvgIpc) is 2.69. The lowest BCUT2D eigenvalue weighted by atomic mass is 9.93. The molecule has 1 amide bonds. The Bertz CT molecular complexity index is 1060. The number of fused-ring (bicyclic) bond motifs is 1. The van der Waals surface area contributed by atoms with Crippen LogP contribution >= 0.6 is 0 Å². The van der Waals surface area contributed by atoms with Crippen LogP contribution in [0.25, 0.3) is 10.9 Å². The number of carbonyl (C=O) groups excluding carboxylic acids is 1. The molecular formula is C19H20N6O3. The highest BCUT2D eigenvalue weighted by molar-refractivity contribution is 6.11. The maximum Gasteiger partial charge on any atom is 0.260 e. The Kier molecular flexibility index (Phi) is 4.98. The fourth-order valence-corrected chi connectivity index (χ4v) is 3.32.